The summed E-state index contributed by atoms with van der Waals surface area (Å²) < 4.78 is 19.1. The normalized spacial score (nSPS) is 59.1. The highest BCUT2D eigenvalue weighted by Gasteiger charge is 2.80. The summed E-state index contributed by atoms with van der Waals surface area (Å²) in [7, 11) is 0. The Morgan fingerprint density at radius 2 is 1.58 bits per heavy atom. The van der Waals surface area contributed by atoms with Gasteiger partial charge in [-0.1, -0.05) is 41.5 Å². The van der Waals surface area contributed by atoms with Crippen LogP contribution in [0.25, 0.3) is 0 Å². The van der Waals surface area contributed by atoms with Crippen LogP contribution in [0.15, 0.2) is 0 Å². The van der Waals surface area contributed by atoms with Crippen molar-refractivity contribution in [1.29, 1.82) is 0 Å². The molecular weight excluding hydrogens is 548 g/mol. The molecule has 0 radical (unpaired) electrons. The van der Waals surface area contributed by atoms with Crippen LogP contribution in [0.2, 0.25) is 0 Å². The van der Waals surface area contributed by atoms with Gasteiger partial charge < -0.3 is 34.6 Å². The maximum absolute atomic E-state index is 14.3. The highest BCUT2D eigenvalue weighted by molar-refractivity contribution is 5.88. The van der Waals surface area contributed by atoms with Crippen molar-refractivity contribution < 1.29 is 39.4 Å². The van der Waals surface area contributed by atoms with Crippen LogP contribution in [0, 0.1) is 50.2 Å². The van der Waals surface area contributed by atoms with Crippen LogP contribution in [0.4, 0.5) is 0 Å². The number of ether oxygens (including phenoxy) is 3. The van der Waals surface area contributed by atoms with Crippen LogP contribution in [-0.2, 0) is 19.0 Å². The number of ketones is 1. The van der Waals surface area contributed by atoms with Crippen LogP contribution in [0.1, 0.15) is 106 Å². The topological polar surface area (TPSA) is 126 Å². The Bertz CT molecular complexity index is 1160. The summed E-state index contributed by atoms with van der Waals surface area (Å²) in [6.45, 7) is 14.7. The lowest BCUT2D eigenvalue weighted by atomic mass is 9.30. The summed E-state index contributed by atoms with van der Waals surface area (Å²) in [5.74, 6) is 1.32. The highest BCUT2D eigenvalue weighted by Crippen LogP contribution is 2.80. The lowest BCUT2D eigenvalue weighted by molar-refractivity contribution is -0.321. The third-order valence-corrected chi connectivity index (χ3v) is 15.8. The minimum Gasteiger partial charge on any atom is -0.396 e. The Morgan fingerprint density at radius 3 is 2.30 bits per heavy atom. The number of aliphatic hydroxyl groups is 4. The Labute approximate surface area is 257 Å². The fourth-order valence-corrected chi connectivity index (χ4v) is 13.1. The molecule has 7 aliphatic rings. The first-order valence-corrected chi connectivity index (χ1v) is 17.1. The molecule has 43 heavy (non-hydrogen) atoms. The standard InChI is InChI=1S/C35H56O8/c1-29(2)13-14-34-19-42-35(23(34)15-29)12-8-22-30(3)10-9-25(43-28-27(40)26(39)20(37)17-41-28)31(4,18-36)21(30)7-11-32(22,5)33(35,6)16-24(34)38/h20-23,25-28,36-37,39-40H,7-19H2,1-6H3. The minimum atomic E-state index is -1.35. The van der Waals surface area contributed by atoms with Crippen molar-refractivity contribution in [2.45, 2.75) is 142 Å². The molecule has 7 fully saturated rings. The van der Waals surface area contributed by atoms with Crippen LogP contribution in [-0.4, -0.2) is 82.3 Å². The monoisotopic (exact) mass is 604 g/mol. The molecule has 8 nitrogen and oxygen atoms in total. The highest BCUT2D eigenvalue weighted by atomic mass is 16.7. The maximum atomic E-state index is 14.3. The van der Waals surface area contributed by atoms with Gasteiger partial charge in [0.05, 0.1) is 36.9 Å². The molecule has 0 aromatic rings. The zero-order valence-corrected chi connectivity index (χ0v) is 27.2. The van der Waals surface area contributed by atoms with Crippen LogP contribution in [0.3, 0.4) is 0 Å². The average molecular weight is 605 g/mol. The van der Waals surface area contributed by atoms with Gasteiger partial charge in [-0.3, -0.25) is 4.79 Å². The molecule has 4 N–H and O–H groups in total. The third kappa shape index (κ3) is 3.72. The number of rotatable bonds is 3. The van der Waals surface area contributed by atoms with Crippen molar-refractivity contribution in [3.63, 3.8) is 0 Å². The molecule has 0 aromatic carbocycles. The zero-order chi connectivity index (χ0) is 31.0. The summed E-state index contributed by atoms with van der Waals surface area (Å²) in [5, 5.41) is 41.8. The molecule has 244 valence electrons. The van der Waals surface area contributed by atoms with Crippen molar-refractivity contribution in [2.75, 3.05) is 19.8 Å². The van der Waals surface area contributed by atoms with Gasteiger partial charge in [0.1, 0.15) is 24.1 Å². The second-order valence-corrected chi connectivity index (χ2v) is 17.9. The van der Waals surface area contributed by atoms with E-state index in [1.54, 1.807) is 0 Å². The first-order valence-electron chi connectivity index (χ1n) is 17.1. The lowest BCUT2D eigenvalue weighted by Crippen LogP contribution is -2.73. The van der Waals surface area contributed by atoms with Gasteiger partial charge in [0.2, 0.25) is 0 Å². The molecule has 1 spiro atoms. The molecule has 5 saturated carbocycles. The minimum absolute atomic E-state index is 0.0438. The number of fused-ring (bicyclic) bond motifs is 4. The van der Waals surface area contributed by atoms with Crippen molar-refractivity contribution in [3.05, 3.63) is 0 Å². The molecular formula is C35H56O8. The van der Waals surface area contributed by atoms with Gasteiger partial charge in [0.25, 0.3) is 0 Å². The van der Waals surface area contributed by atoms with E-state index >= 15 is 0 Å². The van der Waals surface area contributed by atoms with E-state index in [-0.39, 0.29) is 57.9 Å². The largest absolute Gasteiger partial charge is 0.396 e. The van der Waals surface area contributed by atoms with E-state index in [1.165, 1.54) is 0 Å². The van der Waals surface area contributed by atoms with E-state index in [0.29, 0.717) is 37.1 Å². The zero-order valence-electron chi connectivity index (χ0n) is 27.2. The van der Waals surface area contributed by atoms with Gasteiger partial charge in [-0.2, -0.15) is 0 Å². The molecule has 0 aromatic heterocycles. The molecule has 0 amide bonds. The summed E-state index contributed by atoms with van der Waals surface area (Å²) in [4.78, 5) is 14.3. The number of hydrogen-bond acceptors (Lipinski definition) is 8. The van der Waals surface area contributed by atoms with Crippen LogP contribution in [0.5, 0.6) is 0 Å². The quantitative estimate of drug-likeness (QED) is 0.357. The SMILES string of the molecule is CC1(C)CCC23COC4(CCC5C6(C)CCC(OC7OCC(O)C(O)C7O)C(C)(CO)C6CCC5(C)C4(C)CC2=O)C3C1. The summed E-state index contributed by atoms with van der Waals surface area (Å²) >= 11 is 0. The molecule has 8 heteroatoms. The molecule has 7 rings (SSSR count). The first kappa shape index (κ1) is 31.0. The Balaban J connectivity index is 1.21. The molecule has 2 aliphatic heterocycles. The molecule has 2 saturated heterocycles. The van der Waals surface area contributed by atoms with Crippen molar-refractivity contribution in [1.82, 2.24) is 0 Å². The molecule has 14 atom stereocenters. The van der Waals surface area contributed by atoms with E-state index in [4.69, 9.17) is 14.2 Å². The third-order valence-electron chi connectivity index (χ3n) is 15.8. The molecule has 2 heterocycles. The first-order chi connectivity index (χ1) is 20.0. The number of carbonyl (C=O) groups excluding carboxylic acids is 1. The van der Waals surface area contributed by atoms with Crippen LogP contribution < -0.4 is 0 Å². The fraction of sp³-hybridized carbons (Fsp3) is 0.971. The van der Waals surface area contributed by atoms with Gasteiger partial charge in [-0.15, -0.1) is 0 Å². The Hall–Kier alpha value is -0.610. The van der Waals surface area contributed by atoms with Gasteiger partial charge in [-0.05, 0) is 85.9 Å². The molecule has 2 bridgehead atoms. The van der Waals surface area contributed by atoms with E-state index in [1.807, 2.05) is 0 Å². The average Bonchev–Trinajstić information content (AvgIpc) is 3.22. The maximum Gasteiger partial charge on any atom is 0.186 e. The number of Topliss-reactive ketones (excluding diaryl/α,β-unsaturated/α-hetero) is 1. The van der Waals surface area contributed by atoms with Gasteiger partial charge in [0, 0.05) is 23.2 Å². The van der Waals surface area contributed by atoms with E-state index < -0.39 is 30.0 Å². The smallest absolute Gasteiger partial charge is 0.186 e. The lowest BCUT2D eigenvalue weighted by Gasteiger charge is -2.74. The second-order valence-electron chi connectivity index (χ2n) is 17.9. The molecule has 5 aliphatic carbocycles. The van der Waals surface area contributed by atoms with Crippen molar-refractivity contribution >= 4 is 5.78 Å². The second kappa shape index (κ2) is 9.48. The predicted octanol–water partition coefficient (Wildman–Crippen LogP) is 4.00. The Morgan fingerprint density at radius 1 is 0.860 bits per heavy atom. The summed E-state index contributed by atoms with van der Waals surface area (Å²) in [6, 6.07) is 0. The van der Waals surface area contributed by atoms with Gasteiger partial charge >= 0.3 is 0 Å². The predicted molar refractivity (Wildman–Crippen MR) is 159 cm³/mol. The molecule has 14 unspecified atom stereocenters. The van der Waals surface area contributed by atoms with E-state index in [9.17, 15) is 25.2 Å². The van der Waals surface area contributed by atoms with Gasteiger partial charge in [0.15, 0.2) is 6.29 Å². The summed E-state index contributed by atoms with van der Waals surface area (Å²) in [6.07, 6.45) is 4.11. The van der Waals surface area contributed by atoms with E-state index in [0.717, 1.165) is 51.4 Å². The van der Waals surface area contributed by atoms with Crippen molar-refractivity contribution in [3.8, 4) is 0 Å². The van der Waals surface area contributed by atoms with E-state index in [2.05, 4.69) is 41.5 Å². The Kier molecular flexibility index (Phi) is 6.84. The van der Waals surface area contributed by atoms with Crippen molar-refractivity contribution in [2.24, 2.45) is 50.2 Å². The number of carbonyl (C=O) groups is 1. The van der Waals surface area contributed by atoms with Gasteiger partial charge in [-0.25, -0.2) is 0 Å². The number of aliphatic hydroxyl groups excluding tert-OH is 4. The number of hydrogen-bond donors (Lipinski definition) is 4. The summed E-state index contributed by atoms with van der Waals surface area (Å²) in [5.41, 5.74) is -1.27. The van der Waals surface area contributed by atoms with Crippen LogP contribution >= 0.6 is 0 Å². The fourth-order valence-electron chi connectivity index (χ4n) is 13.1.